The number of alkyl halides is 4. The van der Waals surface area contributed by atoms with Crippen molar-refractivity contribution in [2.24, 2.45) is 5.73 Å². The molecule has 0 aromatic heterocycles. The van der Waals surface area contributed by atoms with E-state index in [9.17, 15) is 36.7 Å². The smallest absolute Gasteiger partial charge is 0.406 e. The summed E-state index contributed by atoms with van der Waals surface area (Å²) in [4.78, 5) is 51.2. The number of likely N-dealkylation sites (tertiary alicyclic amines) is 1. The molecule has 2 fully saturated rings. The molecule has 2 aliphatic rings. The molecule has 1 heterocycles. The molecule has 9 nitrogen and oxygen atoms in total. The third-order valence-corrected chi connectivity index (χ3v) is 6.07. The molecule has 1 unspecified atom stereocenters. The van der Waals surface area contributed by atoms with Crippen molar-refractivity contribution < 1.29 is 41.5 Å². The third-order valence-electron chi connectivity index (χ3n) is 6.07. The average molecular weight is 502 g/mol. The van der Waals surface area contributed by atoms with Crippen molar-refractivity contribution in [1.82, 2.24) is 15.3 Å². The lowest BCUT2D eigenvalue weighted by Crippen LogP contribution is -2.57. The van der Waals surface area contributed by atoms with Gasteiger partial charge in [0.1, 0.15) is 18.3 Å². The summed E-state index contributed by atoms with van der Waals surface area (Å²) in [5, 5.41) is 0.520. The molecule has 1 saturated carbocycles. The van der Waals surface area contributed by atoms with Crippen molar-refractivity contribution in [3.05, 3.63) is 29.8 Å². The molecule has 192 valence electrons. The van der Waals surface area contributed by atoms with Gasteiger partial charge < -0.3 is 15.4 Å². The van der Waals surface area contributed by atoms with E-state index in [2.05, 4.69) is 10.2 Å². The minimum Gasteiger partial charge on any atom is -0.406 e. The predicted octanol–water partition coefficient (Wildman–Crippen LogP) is 1.70. The second-order valence-corrected chi connectivity index (χ2v) is 8.55. The number of nitrogens with zero attached hydrogens (tertiary/aromatic N) is 2. The Balaban J connectivity index is 1.73. The maximum atomic E-state index is 13.9. The molecule has 1 aliphatic carbocycles. The molecule has 13 heteroatoms. The number of hydrogen-bond acceptors (Lipinski definition) is 5. The van der Waals surface area contributed by atoms with Gasteiger partial charge in [-0.1, -0.05) is 19.1 Å². The normalized spacial score (nSPS) is 19.6. The van der Waals surface area contributed by atoms with E-state index in [-0.39, 0.29) is 25.3 Å². The topological polar surface area (TPSA) is 122 Å². The number of hydrazine groups is 1. The molecule has 1 aliphatic heterocycles. The summed E-state index contributed by atoms with van der Waals surface area (Å²) < 4.78 is 55.0. The monoisotopic (exact) mass is 502 g/mol. The molecule has 3 rings (SSSR count). The second kappa shape index (κ2) is 10.1. The van der Waals surface area contributed by atoms with Crippen LogP contribution in [0.4, 0.5) is 17.6 Å². The predicted molar refractivity (Wildman–Crippen MR) is 113 cm³/mol. The van der Waals surface area contributed by atoms with Crippen LogP contribution in [0.15, 0.2) is 24.3 Å². The van der Waals surface area contributed by atoms with Crippen LogP contribution in [0.5, 0.6) is 5.75 Å². The molecule has 0 radical (unpaired) electrons. The van der Waals surface area contributed by atoms with E-state index in [0.717, 1.165) is 12.1 Å². The molecule has 1 saturated heterocycles. The van der Waals surface area contributed by atoms with Gasteiger partial charge in [-0.3, -0.25) is 24.6 Å². The highest BCUT2D eigenvalue weighted by molar-refractivity contribution is 5.96. The van der Waals surface area contributed by atoms with E-state index in [1.54, 1.807) is 0 Å². The summed E-state index contributed by atoms with van der Waals surface area (Å²) in [6, 6.07) is 4.04. The first-order chi connectivity index (χ1) is 16.4. The van der Waals surface area contributed by atoms with Crippen LogP contribution in [-0.4, -0.2) is 65.2 Å². The van der Waals surface area contributed by atoms with Crippen molar-refractivity contribution in [3.8, 4) is 5.75 Å². The minimum atomic E-state index is -4.84. The first-order valence-corrected chi connectivity index (χ1v) is 11.1. The maximum Gasteiger partial charge on any atom is 0.573 e. The van der Waals surface area contributed by atoms with E-state index in [1.165, 1.54) is 24.0 Å². The van der Waals surface area contributed by atoms with Crippen LogP contribution < -0.4 is 15.9 Å². The lowest BCUT2D eigenvalue weighted by molar-refractivity contribution is -0.274. The number of benzene rings is 1. The Labute approximate surface area is 198 Å². The molecule has 0 bridgehead atoms. The third kappa shape index (κ3) is 6.01. The number of hydrogen-bond donors (Lipinski definition) is 2. The van der Waals surface area contributed by atoms with E-state index in [0.29, 0.717) is 29.8 Å². The number of rotatable bonds is 8. The van der Waals surface area contributed by atoms with Crippen LogP contribution in [-0.2, 0) is 24.6 Å². The van der Waals surface area contributed by atoms with Crippen LogP contribution in [0.3, 0.4) is 0 Å². The number of ether oxygens (including phenoxy) is 1. The zero-order valence-electron chi connectivity index (χ0n) is 18.9. The molecule has 1 aromatic carbocycles. The molecular weight excluding hydrogens is 476 g/mol. The van der Waals surface area contributed by atoms with Gasteiger partial charge in [-0.15, -0.1) is 13.2 Å². The first kappa shape index (κ1) is 26.2. The Morgan fingerprint density at radius 3 is 2.37 bits per heavy atom. The van der Waals surface area contributed by atoms with E-state index in [4.69, 9.17) is 5.73 Å². The number of halogens is 4. The quantitative estimate of drug-likeness (QED) is 0.414. The standard InChI is InChI=1S/C22H26F4N4O5/c1-2-15(23)19(33)30(12-17(27)31)28-18(32)16-4-3-11-29(16)20(34)21(9-10-21)13-5-7-14(8-6-13)35-22(24,25)26/h5-8,15-16H,2-4,9-12H2,1H3,(H2,27,31)(H,28,32)/t15?,16-/m0/s1. The Kier molecular flexibility index (Phi) is 7.56. The zero-order valence-corrected chi connectivity index (χ0v) is 18.9. The Bertz CT molecular complexity index is 981. The van der Waals surface area contributed by atoms with E-state index >= 15 is 0 Å². The lowest BCUT2D eigenvalue weighted by Gasteiger charge is -2.31. The fourth-order valence-electron chi connectivity index (χ4n) is 4.16. The van der Waals surface area contributed by atoms with Gasteiger partial charge in [0.05, 0.1) is 5.41 Å². The van der Waals surface area contributed by atoms with Gasteiger partial charge in [0.15, 0.2) is 6.17 Å². The number of nitrogens with one attached hydrogen (secondary N) is 1. The number of primary amides is 1. The van der Waals surface area contributed by atoms with Crippen molar-refractivity contribution in [2.45, 2.75) is 63.0 Å². The summed E-state index contributed by atoms with van der Waals surface area (Å²) in [5.41, 5.74) is 6.85. The summed E-state index contributed by atoms with van der Waals surface area (Å²) in [7, 11) is 0. The largest absolute Gasteiger partial charge is 0.573 e. The molecule has 4 amide bonds. The second-order valence-electron chi connectivity index (χ2n) is 8.55. The van der Waals surface area contributed by atoms with Crippen LogP contribution in [0.2, 0.25) is 0 Å². The highest BCUT2D eigenvalue weighted by Gasteiger charge is 2.55. The SMILES string of the molecule is CCC(F)C(=O)N(CC(N)=O)NC(=O)[C@@H]1CCCN1C(=O)C1(c2ccc(OC(F)(F)F)cc2)CC1. The van der Waals surface area contributed by atoms with Crippen LogP contribution >= 0.6 is 0 Å². The highest BCUT2D eigenvalue weighted by atomic mass is 19.4. The highest BCUT2D eigenvalue weighted by Crippen LogP contribution is 2.50. The van der Waals surface area contributed by atoms with Gasteiger partial charge in [-0.2, -0.15) is 0 Å². The number of carbonyl (C=O) groups is 4. The van der Waals surface area contributed by atoms with Crippen LogP contribution in [0.1, 0.15) is 44.6 Å². The van der Waals surface area contributed by atoms with Crippen LogP contribution in [0.25, 0.3) is 0 Å². The number of nitrogens with two attached hydrogens (primary N) is 1. The first-order valence-electron chi connectivity index (χ1n) is 11.1. The van der Waals surface area contributed by atoms with Gasteiger partial charge in [0.2, 0.25) is 11.8 Å². The van der Waals surface area contributed by atoms with Gasteiger partial charge in [-0.25, -0.2) is 9.40 Å². The Hall–Kier alpha value is -3.38. The Morgan fingerprint density at radius 2 is 1.86 bits per heavy atom. The molecule has 2 atom stereocenters. The Morgan fingerprint density at radius 1 is 1.23 bits per heavy atom. The van der Waals surface area contributed by atoms with Gasteiger partial charge in [-0.05, 0) is 49.8 Å². The molecule has 1 aromatic rings. The van der Waals surface area contributed by atoms with Crippen molar-refractivity contribution in [3.63, 3.8) is 0 Å². The number of carbonyl (C=O) groups excluding carboxylic acids is 4. The summed E-state index contributed by atoms with van der Waals surface area (Å²) in [5.74, 6) is -3.64. The summed E-state index contributed by atoms with van der Waals surface area (Å²) in [6.45, 7) is 0.932. The maximum absolute atomic E-state index is 13.9. The van der Waals surface area contributed by atoms with Gasteiger partial charge in [0.25, 0.3) is 11.8 Å². The van der Waals surface area contributed by atoms with Crippen LogP contribution in [0, 0.1) is 0 Å². The van der Waals surface area contributed by atoms with E-state index < -0.39 is 54.0 Å². The molecule has 3 N–H and O–H groups in total. The van der Waals surface area contributed by atoms with E-state index in [1.807, 2.05) is 0 Å². The van der Waals surface area contributed by atoms with Gasteiger partial charge in [0, 0.05) is 6.54 Å². The molecule has 0 spiro atoms. The molecule has 35 heavy (non-hydrogen) atoms. The fourth-order valence-corrected chi connectivity index (χ4v) is 4.16. The minimum absolute atomic E-state index is 0.173. The van der Waals surface area contributed by atoms with Crippen molar-refractivity contribution in [2.75, 3.05) is 13.1 Å². The molecular formula is C22H26F4N4O5. The summed E-state index contributed by atoms with van der Waals surface area (Å²) in [6.07, 6.45) is -5.30. The fraction of sp³-hybridized carbons (Fsp3) is 0.545. The van der Waals surface area contributed by atoms with Gasteiger partial charge >= 0.3 is 6.36 Å². The van der Waals surface area contributed by atoms with Crippen molar-refractivity contribution >= 4 is 23.6 Å². The lowest BCUT2D eigenvalue weighted by atomic mass is 9.94. The zero-order chi connectivity index (χ0) is 26.0. The summed E-state index contributed by atoms with van der Waals surface area (Å²) >= 11 is 0. The van der Waals surface area contributed by atoms with Crippen molar-refractivity contribution in [1.29, 1.82) is 0 Å². The number of amides is 4. The average Bonchev–Trinajstić information content (AvgIpc) is 3.45.